The number of ether oxygens (including phenoxy) is 1. The second-order valence-electron chi connectivity index (χ2n) is 3.12. The average Bonchev–Trinajstić information content (AvgIpc) is 2.18. The van der Waals surface area contributed by atoms with Gasteiger partial charge in [0.1, 0.15) is 6.10 Å². The van der Waals surface area contributed by atoms with Crippen molar-refractivity contribution in [1.82, 2.24) is 0 Å². The Hall–Kier alpha value is -1.28. The lowest BCUT2D eigenvalue weighted by molar-refractivity contribution is -0.118. The van der Waals surface area contributed by atoms with Gasteiger partial charge >= 0.3 is 0 Å². The zero-order valence-electron chi connectivity index (χ0n) is 7.44. The molecule has 2 rings (SSSR count). The summed E-state index contributed by atoms with van der Waals surface area (Å²) >= 11 is 5.99. The van der Waals surface area contributed by atoms with Crippen LogP contribution in [0.2, 0.25) is 5.02 Å². The number of benzene rings is 1. The van der Waals surface area contributed by atoms with Crippen LogP contribution in [0.3, 0.4) is 0 Å². The van der Waals surface area contributed by atoms with E-state index in [1.165, 1.54) is 12.3 Å². The van der Waals surface area contributed by atoms with E-state index < -0.39 is 0 Å². The van der Waals surface area contributed by atoms with Crippen molar-refractivity contribution >= 4 is 17.4 Å². The van der Waals surface area contributed by atoms with Crippen molar-refractivity contribution in [1.29, 1.82) is 0 Å². The predicted octanol–water partition coefficient (Wildman–Crippen LogP) is 2.88. The van der Waals surface area contributed by atoms with Crippen LogP contribution in [-0.2, 0) is 9.53 Å². The van der Waals surface area contributed by atoms with E-state index in [0.717, 1.165) is 5.56 Å². The van der Waals surface area contributed by atoms with E-state index in [4.69, 9.17) is 16.3 Å². The highest BCUT2D eigenvalue weighted by molar-refractivity contribution is 6.31. The van der Waals surface area contributed by atoms with E-state index in [0.29, 0.717) is 11.4 Å². The van der Waals surface area contributed by atoms with Crippen molar-refractivity contribution in [3.8, 4) is 0 Å². The molecule has 0 bridgehead atoms. The standard InChI is InChI=1S/C11H9ClO2/c12-10-4-2-1-3-9(10)11-7-8(13)5-6-14-11/h1-6,11H,7H2/t11-/m1/s1. The van der Waals surface area contributed by atoms with Gasteiger partial charge in [-0.3, -0.25) is 4.79 Å². The van der Waals surface area contributed by atoms with Gasteiger partial charge in [-0.25, -0.2) is 0 Å². The highest BCUT2D eigenvalue weighted by Gasteiger charge is 2.20. The van der Waals surface area contributed by atoms with Gasteiger partial charge in [0.25, 0.3) is 0 Å². The van der Waals surface area contributed by atoms with Gasteiger partial charge in [-0.2, -0.15) is 0 Å². The van der Waals surface area contributed by atoms with E-state index in [-0.39, 0.29) is 11.9 Å². The quantitative estimate of drug-likeness (QED) is 0.710. The van der Waals surface area contributed by atoms with Crippen molar-refractivity contribution < 1.29 is 9.53 Å². The molecule has 1 aromatic carbocycles. The summed E-state index contributed by atoms with van der Waals surface area (Å²) in [6.45, 7) is 0. The topological polar surface area (TPSA) is 26.3 Å². The number of carbonyl (C=O) groups is 1. The molecule has 1 aromatic rings. The Kier molecular flexibility index (Phi) is 2.55. The summed E-state index contributed by atoms with van der Waals surface area (Å²) in [6, 6.07) is 7.40. The third kappa shape index (κ3) is 1.80. The third-order valence-electron chi connectivity index (χ3n) is 2.14. The lowest BCUT2D eigenvalue weighted by atomic mass is 10.0. The monoisotopic (exact) mass is 208 g/mol. The maximum atomic E-state index is 11.1. The first-order valence-electron chi connectivity index (χ1n) is 4.36. The minimum absolute atomic E-state index is 0.0705. The van der Waals surface area contributed by atoms with E-state index in [9.17, 15) is 4.79 Å². The number of allylic oxidation sites excluding steroid dienone is 1. The Morgan fingerprint density at radius 3 is 2.86 bits per heavy atom. The first kappa shape index (κ1) is 9.28. The van der Waals surface area contributed by atoms with Crippen molar-refractivity contribution in [3.63, 3.8) is 0 Å². The predicted molar refractivity (Wildman–Crippen MR) is 54.0 cm³/mol. The molecule has 1 heterocycles. The Balaban J connectivity index is 2.28. The summed E-state index contributed by atoms with van der Waals surface area (Å²) in [5.41, 5.74) is 0.867. The molecule has 0 saturated carbocycles. The van der Waals surface area contributed by atoms with Crippen molar-refractivity contribution in [2.75, 3.05) is 0 Å². The van der Waals surface area contributed by atoms with Crippen LogP contribution in [0.1, 0.15) is 18.1 Å². The van der Waals surface area contributed by atoms with Gasteiger partial charge in [0, 0.05) is 16.7 Å². The van der Waals surface area contributed by atoms with Crippen LogP contribution in [0, 0.1) is 0 Å². The lowest BCUT2D eigenvalue weighted by Gasteiger charge is -2.19. The molecule has 0 spiro atoms. The fraction of sp³-hybridized carbons (Fsp3) is 0.182. The summed E-state index contributed by atoms with van der Waals surface area (Å²) in [5.74, 6) is 0.0705. The molecule has 1 aliphatic rings. The molecule has 1 atom stereocenters. The molecule has 3 heteroatoms. The molecule has 0 unspecified atom stereocenters. The molecule has 0 amide bonds. The maximum absolute atomic E-state index is 11.1. The zero-order valence-corrected chi connectivity index (χ0v) is 8.20. The Bertz CT molecular complexity index is 385. The Morgan fingerprint density at radius 1 is 1.36 bits per heavy atom. The van der Waals surface area contributed by atoms with E-state index in [1.807, 2.05) is 18.2 Å². The highest BCUT2D eigenvalue weighted by Crippen LogP contribution is 2.30. The molecule has 0 saturated heterocycles. The number of hydrogen-bond acceptors (Lipinski definition) is 2. The van der Waals surface area contributed by atoms with Gasteiger partial charge in [0.15, 0.2) is 5.78 Å². The molecule has 0 fully saturated rings. The first-order valence-corrected chi connectivity index (χ1v) is 4.74. The minimum Gasteiger partial charge on any atom is -0.493 e. The molecular formula is C11H9ClO2. The van der Waals surface area contributed by atoms with Crippen LogP contribution in [0.5, 0.6) is 0 Å². The minimum atomic E-state index is -0.235. The van der Waals surface area contributed by atoms with Crippen LogP contribution >= 0.6 is 11.6 Å². The zero-order chi connectivity index (χ0) is 9.97. The van der Waals surface area contributed by atoms with Gasteiger partial charge in [0.05, 0.1) is 12.7 Å². The summed E-state index contributed by atoms with van der Waals surface area (Å²) < 4.78 is 5.33. The SMILES string of the molecule is O=C1C=CO[C@@H](c2ccccc2Cl)C1. The second-order valence-corrected chi connectivity index (χ2v) is 3.53. The average molecular weight is 209 g/mol. The summed E-state index contributed by atoms with van der Waals surface area (Å²) in [7, 11) is 0. The van der Waals surface area contributed by atoms with Crippen molar-refractivity contribution in [3.05, 3.63) is 47.2 Å². The molecular weight excluding hydrogens is 200 g/mol. The number of hydrogen-bond donors (Lipinski definition) is 0. The molecule has 0 aliphatic carbocycles. The van der Waals surface area contributed by atoms with Gasteiger partial charge in [0.2, 0.25) is 0 Å². The van der Waals surface area contributed by atoms with Gasteiger partial charge < -0.3 is 4.74 Å². The van der Waals surface area contributed by atoms with Gasteiger partial charge in [-0.05, 0) is 6.07 Å². The number of rotatable bonds is 1. The third-order valence-corrected chi connectivity index (χ3v) is 2.48. The normalized spacial score (nSPS) is 20.6. The van der Waals surface area contributed by atoms with Crippen LogP contribution in [0.15, 0.2) is 36.6 Å². The molecule has 0 aromatic heterocycles. The van der Waals surface area contributed by atoms with Crippen molar-refractivity contribution in [2.24, 2.45) is 0 Å². The molecule has 14 heavy (non-hydrogen) atoms. The molecule has 2 nitrogen and oxygen atoms in total. The van der Waals surface area contributed by atoms with Crippen LogP contribution in [-0.4, -0.2) is 5.78 Å². The maximum Gasteiger partial charge on any atom is 0.162 e. The fourth-order valence-electron chi connectivity index (χ4n) is 1.43. The largest absolute Gasteiger partial charge is 0.493 e. The van der Waals surface area contributed by atoms with Crippen LogP contribution < -0.4 is 0 Å². The van der Waals surface area contributed by atoms with E-state index in [2.05, 4.69) is 0 Å². The lowest BCUT2D eigenvalue weighted by Crippen LogP contribution is -2.11. The molecule has 1 aliphatic heterocycles. The van der Waals surface area contributed by atoms with E-state index in [1.54, 1.807) is 6.07 Å². The number of ketones is 1. The summed E-state index contributed by atoms with van der Waals surface area (Å²) in [5, 5.41) is 0.639. The molecule has 0 N–H and O–H groups in total. The smallest absolute Gasteiger partial charge is 0.162 e. The van der Waals surface area contributed by atoms with Gasteiger partial charge in [-0.1, -0.05) is 29.8 Å². The van der Waals surface area contributed by atoms with E-state index >= 15 is 0 Å². The van der Waals surface area contributed by atoms with Crippen molar-refractivity contribution in [2.45, 2.75) is 12.5 Å². The number of halogens is 1. The van der Waals surface area contributed by atoms with Crippen LogP contribution in [0.25, 0.3) is 0 Å². The highest BCUT2D eigenvalue weighted by atomic mass is 35.5. The molecule has 72 valence electrons. The molecule has 0 radical (unpaired) electrons. The fourth-order valence-corrected chi connectivity index (χ4v) is 1.69. The first-order chi connectivity index (χ1) is 6.77. The Morgan fingerprint density at radius 2 is 2.14 bits per heavy atom. The summed E-state index contributed by atoms with van der Waals surface area (Å²) in [4.78, 5) is 11.1. The number of carbonyl (C=O) groups excluding carboxylic acids is 1. The second kappa shape index (κ2) is 3.84. The summed E-state index contributed by atoms with van der Waals surface area (Å²) in [6.07, 6.45) is 2.99. The Labute approximate surface area is 87.1 Å². The van der Waals surface area contributed by atoms with Gasteiger partial charge in [-0.15, -0.1) is 0 Å². The van der Waals surface area contributed by atoms with Crippen LogP contribution in [0.4, 0.5) is 0 Å².